The molecule has 0 N–H and O–H groups in total. The highest BCUT2D eigenvalue weighted by Crippen LogP contribution is 2.30. The minimum Gasteiger partial charge on any atom is -0.489 e. The van der Waals surface area contributed by atoms with E-state index < -0.39 is 5.97 Å². The van der Waals surface area contributed by atoms with Gasteiger partial charge in [0.1, 0.15) is 17.4 Å². The van der Waals surface area contributed by atoms with E-state index in [0.717, 1.165) is 0 Å². The van der Waals surface area contributed by atoms with E-state index in [2.05, 4.69) is 17.1 Å². The van der Waals surface area contributed by atoms with Crippen LogP contribution in [0.5, 0.6) is 5.75 Å². The molecule has 34 heavy (non-hydrogen) atoms. The van der Waals surface area contributed by atoms with Gasteiger partial charge in [-0.25, -0.2) is 9.78 Å². The van der Waals surface area contributed by atoms with Gasteiger partial charge in [-0.3, -0.25) is 9.59 Å². The van der Waals surface area contributed by atoms with Crippen LogP contribution in [0.2, 0.25) is 0 Å². The molecule has 176 valence electrons. The Morgan fingerprint density at radius 1 is 1.12 bits per heavy atom. The molecule has 0 saturated heterocycles. The highest BCUT2D eigenvalue weighted by atomic mass is 16.5. The lowest BCUT2D eigenvalue weighted by Gasteiger charge is -2.20. The third-order valence-electron chi connectivity index (χ3n) is 6.52. The van der Waals surface area contributed by atoms with Crippen molar-refractivity contribution in [2.24, 2.45) is 0 Å². The standard InChI is InChI=1S/C25H25N3O6/c1-15-23(33-14-26-15)24(30)27-8-7-19-22(25(31)32-2)20(13-21(29)28(19)10-9-27)34-18-11-16-5-3-4-6-17(16)12-18/h3-6,13-14,18H,7-12H2,1-2H3. The fourth-order valence-electron chi connectivity index (χ4n) is 4.80. The number of hydrogen-bond acceptors (Lipinski definition) is 7. The number of pyridine rings is 1. The Morgan fingerprint density at radius 2 is 1.85 bits per heavy atom. The van der Waals surface area contributed by atoms with Gasteiger partial charge in [0.05, 0.1) is 12.8 Å². The molecule has 0 spiro atoms. The number of methoxy groups -OCH3 is 1. The van der Waals surface area contributed by atoms with E-state index in [1.54, 1.807) is 11.8 Å². The first-order chi connectivity index (χ1) is 16.5. The van der Waals surface area contributed by atoms with Crippen LogP contribution in [0.3, 0.4) is 0 Å². The number of carbonyl (C=O) groups excluding carboxylic acids is 2. The quantitative estimate of drug-likeness (QED) is 0.546. The van der Waals surface area contributed by atoms with Gasteiger partial charge >= 0.3 is 5.97 Å². The molecule has 5 rings (SSSR count). The summed E-state index contributed by atoms with van der Waals surface area (Å²) in [7, 11) is 1.30. The van der Waals surface area contributed by atoms with E-state index in [1.807, 2.05) is 12.1 Å². The number of aromatic nitrogens is 2. The minimum absolute atomic E-state index is 0.177. The first kappa shape index (κ1) is 21.9. The number of rotatable bonds is 4. The molecule has 0 saturated carbocycles. The highest BCUT2D eigenvalue weighted by molar-refractivity contribution is 5.94. The molecule has 1 aliphatic heterocycles. The van der Waals surface area contributed by atoms with Crippen molar-refractivity contribution in [1.29, 1.82) is 0 Å². The lowest BCUT2D eigenvalue weighted by atomic mass is 10.1. The van der Waals surface area contributed by atoms with E-state index >= 15 is 0 Å². The number of oxazole rings is 1. The van der Waals surface area contributed by atoms with Crippen LogP contribution in [0.4, 0.5) is 0 Å². The summed E-state index contributed by atoms with van der Waals surface area (Å²) in [6.45, 7) is 2.55. The van der Waals surface area contributed by atoms with Crippen LogP contribution >= 0.6 is 0 Å². The van der Waals surface area contributed by atoms with E-state index in [1.165, 1.54) is 35.3 Å². The molecule has 2 aromatic heterocycles. The fraction of sp³-hybridized carbons (Fsp3) is 0.360. The summed E-state index contributed by atoms with van der Waals surface area (Å²) in [5, 5.41) is 0. The van der Waals surface area contributed by atoms with Crippen molar-refractivity contribution in [2.45, 2.75) is 38.8 Å². The number of amides is 1. The number of esters is 1. The third kappa shape index (κ3) is 3.87. The summed E-state index contributed by atoms with van der Waals surface area (Å²) >= 11 is 0. The zero-order valence-electron chi connectivity index (χ0n) is 19.1. The summed E-state index contributed by atoms with van der Waals surface area (Å²) in [6.07, 6.45) is 2.75. The lowest BCUT2D eigenvalue weighted by molar-refractivity contribution is 0.0590. The molecule has 0 atom stereocenters. The zero-order chi connectivity index (χ0) is 23.8. The average molecular weight is 463 g/mol. The molecular formula is C25H25N3O6. The number of hydrogen-bond donors (Lipinski definition) is 0. The van der Waals surface area contributed by atoms with E-state index in [9.17, 15) is 14.4 Å². The Morgan fingerprint density at radius 3 is 2.50 bits per heavy atom. The first-order valence-corrected chi connectivity index (χ1v) is 11.2. The second kappa shape index (κ2) is 8.81. The molecule has 3 aromatic rings. The summed E-state index contributed by atoms with van der Waals surface area (Å²) in [5.74, 6) is -0.459. The second-order valence-corrected chi connectivity index (χ2v) is 8.54. The number of carbonyl (C=O) groups is 2. The van der Waals surface area contributed by atoms with Gasteiger partial charge in [-0.2, -0.15) is 0 Å². The highest BCUT2D eigenvalue weighted by Gasteiger charge is 2.31. The number of ether oxygens (including phenoxy) is 2. The fourth-order valence-corrected chi connectivity index (χ4v) is 4.80. The minimum atomic E-state index is -0.569. The van der Waals surface area contributed by atoms with Crippen LogP contribution in [0.15, 0.2) is 45.9 Å². The number of benzene rings is 1. The van der Waals surface area contributed by atoms with Crippen LogP contribution < -0.4 is 10.3 Å². The molecule has 1 aliphatic carbocycles. The maximum atomic E-state index is 13.1. The van der Waals surface area contributed by atoms with Gasteiger partial charge in [-0.05, 0) is 18.1 Å². The molecule has 1 aromatic carbocycles. The molecule has 0 fully saturated rings. The Bertz CT molecular complexity index is 1300. The molecule has 1 amide bonds. The largest absolute Gasteiger partial charge is 0.489 e. The number of nitrogens with zero attached hydrogens (tertiary/aromatic N) is 3. The van der Waals surface area contributed by atoms with E-state index in [-0.39, 0.29) is 41.2 Å². The summed E-state index contributed by atoms with van der Waals surface area (Å²) < 4.78 is 18.1. The molecule has 2 aliphatic rings. The Kier molecular flexibility index (Phi) is 5.69. The van der Waals surface area contributed by atoms with Gasteiger partial charge < -0.3 is 23.4 Å². The predicted molar refractivity (Wildman–Crippen MR) is 121 cm³/mol. The van der Waals surface area contributed by atoms with Gasteiger partial charge in [0, 0.05) is 50.7 Å². The molecule has 0 radical (unpaired) electrons. The van der Waals surface area contributed by atoms with Crippen molar-refractivity contribution in [1.82, 2.24) is 14.5 Å². The van der Waals surface area contributed by atoms with Crippen molar-refractivity contribution in [3.8, 4) is 5.75 Å². The van der Waals surface area contributed by atoms with Gasteiger partial charge in [-0.15, -0.1) is 0 Å². The Hall–Kier alpha value is -3.88. The SMILES string of the molecule is COC(=O)c1c(OC2Cc3ccccc3C2)cc(=O)n2c1CCN(C(=O)c1ocnc1C)CC2. The van der Waals surface area contributed by atoms with Crippen molar-refractivity contribution >= 4 is 11.9 Å². The monoisotopic (exact) mass is 463 g/mol. The lowest BCUT2D eigenvalue weighted by Crippen LogP contribution is -2.34. The first-order valence-electron chi connectivity index (χ1n) is 11.2. The normalized spacial score (nSPS) is 15.4. The van der Waals surface area contributed by atoms with Crippen LogP contribution in [-0.4, -0.2) is 52.6 Å². The predicted octanol–water partition coefficient (Wildman–Crippen LogP) is 2.18. The van der Waals surface area contributed by atoms with Crippen molar-refractivity contribution in [3.63, 3.8) is 0 Å². The van der Waals surface area contributed by atoms with Gasteiger partial charge in [0.15, 0.2) is 6.39 Å². The van der Waals surface area contributed by atoms with Crippen LogP contribution in [0.1, 0.15) is 43.4 Å². The molecular weight excluding hydrogens is 438 g/mol. The van der Waals surface area contributed by atoms with E-state index in [4.69, 9.17) is 13.9 Å². The Balaban J connectivity index is 1.45. The van der Waals surface area contributed by atoms with Crippen LogP contribution in [0.25, 0.3) is 0 Å². The van der Waals surface area contributed by atoms with Crippen LogP contribution in [0, 0.1) is 6.92 Å². The third-order valence-corrected chi connectivity index (χ3v) is 6.52. The maximum Gasteiger partial charge on any atom is 0.343 e. The van der Waals surface area contributed by atoms with Gasteiger partial charge in [0.25, 0.3) is 11.5 Å². The summed E-state index contributed by atoms with van der Waals surface area (Å²) in [6, 6.07) is 9.46. The zero-order valence-corrected chi connectivity index (χ0v) is 19.1. The number of fused-ring (bicyclic) bond motifs is 2. The van der Waals surface area contributed by atoms with Crippen molar-refractivity contribution in [2.75, 3.05) is 20.2 Å². The maximum absolute atomic E-state index is 13.1. The summed E-state index contributed by atoms with van der Waals surface area (Å²) in [5.41, 5.74) is 3.38. The molecule has 0 unspecified atom stereocenters. The van der Waals surface area contributed by atoms with Gasteiger partial charge in [-0.1, -0.05) is 24.3 Å². The average Bonchev–Trinajstić information content (AvgIpc) is 3.37. The van der Waals surface area contributed by atoms with Crippen LogP contribution in [-0.2, 0) is 30.5 Å². The smallest absolute Gasteiger partial charge is 0.343 e. The molecule has 9 heteroatoms. The van der Waals surface area contributed by atoms with E-state index in [0.29, 0.717) is 43.7 Å². The molecule has 0 bridgehead atoms. The van der Waals surface area contributed by atoms with Gasteiger partial charge in [0.2, 0.25) is 5.76 Å². The number of aryl methyl sites for hydroxylation is 1. The molecule has 9 nitrogen and oxygen atoms in total. The topological polar surface area (TPSA) is 104 Å². The van der Waals surface area contributed by atoms with Crippen molar-refractivity contribution in [3.05, 3.63) is 80.9 Å². The summed E-state index contributed by atoms with van der Waals surface area (Å²) in [4.78, 5) is 44.4. The Labute approximate surface area is 195 Å². The van der Waals surface area contributed by atoms with Crippen molar-refractivity contribution < 1.29 is 23.5 Å². The molecule has 3 heterocycles. The second-order valence-electron chi connectivity index (χ2n) is 8.54.